The third-order valence-electron chi connectivity index (χ3n) is 3.40. The number of pyridine rings is 1. The topological polar surface area (TPSA) is 78.6 Å². The maximum Gasteiger partial charge on any atom is 0.374 e. The monoisotopic (exact) mass is 325 g/mol. The number of carbonyl (C=O) groups is 2. The van der Waals surface area contributed by atoms with E-state index >= 15 is 0 Å². The molecule has 0 saturated heterocycles. The number of ether oxygens (including phenoxy) is 2. The molecule has 6 nitrogen and oxygen atoms in total. The Morgan fingerprint density at radius 2 is 1.92 bits per heavy atom. The van der Waals surface area contributed by atoms with Crippen molar-refractivity contribution in [3.63, 3.8) is 0 Å². The summed E-state index contributed by atoms with van der Waals surface area (Å²) in [6.07, 6.45) is 2.99. The summed E-state index contributed by atoms with van der Waals surface area (Å²) in [6, 6.07) is 10.4. The third kappa shape index (κ3) is 3.12. The summed E-state index contributed by atoms with van der Waals surface area (Å²) in [7, 11) is 0. The summed E-state index contributed by atoms with van der Waals surface area (Å²) in [4.78, 5) is 28.0. The maximum absolute atomic E-state index is 12.1. The average molecular weight is 325 g/mol. The maximum atomic E-state index is 12.1. The number of para-hydroxylation sites is 1. The van der Waals surface area contributed by atoms with Crippen LogP contribution in [0.5, 0.6) is 0 Å². The van der Waals surface area contributed by atoms with Crippen LogP contribution >= 0.6 is 0 Å². The van der Waals surface area contributed by atoms with Gasteiger partial charge in [0.25, 0.3) is 0 Å². The molecule has 2 aromatic heterocycles. The van der Waals surface area contributed by atoms with Crippen LogP contribution in [0, 0.1) is 0 Å². The van der Waals surface area contributed by atoms with Gasteiger partial charge in [-0.25, -0.2) is 9.59 Å². The van der Waals surface area contributed by atoms with Gasteiger partial charge in [0.05, 0.1) is 17.7 Å². The van der Waals surface area contributed by atoms with Crippen molar-refractivity contribution < 1.29 is 23.5 Å². The minimum Gasteiger partial charge on any atom is -0.460 e. The van der Waals surface area contributed by atoms with E-state index < -0.39 is 11.9 Å². The van der Waals surface area contributed by atoms with Crippen molar-refractivity contribution in [3.8, 4) is 0 Å². The Labute approximate surface area is 138 Å². The molecule has 0 fully saturated rings. The summed E-state index contributed by atoms with van der Waals surface area (Å²) in [6.45, 7) is 1.84. The Morgan fingerprint density at radius 1 is 1.08 bits per heavy atom. The second kappa shape index (κ2) is 6.95. The molecule has 0 atom stereocenters. The minimum absolute atomic E-state index is 0.0528. The van der Waals surface area contributed by atoms with Crippen LogP contribution in [-0.4, -0.2) is 23.5 Å². The lowest BCUT2D eigenvalue weighted by Crippen LogP contribution is -2.10. The Bertz CT molecular complexity index is 870. The lowest BCUT2D eigenvalue weighted by molar-refractivity contribution is 0.0435. The first-order chi connectivity index (χ1) is 11.7. The molecule has 1 aromatic carbocycles. The van der Waals surface area contributed by atoms with Crippen LogP contribution in [0.3, 0.4) is 0 Å². The van der Waals surface area contributed by atoms with E-state index in [1.165, 1.54) is 6.20 Å². The second-order valence-electron chi connectivity index (χ2n) is 4.94. The molecule has 0 aliphatic rings. The van der Waals surface area contributed by atoms with Gasteiger partial charge in [0.2, 0.25) is 5.76 Å². The molecule has 0 amide bonds. The number of aromatic nitrogens is 1. The number of fused-ring (bicyclic) bond motifs is 1. The van der Waals surface area contributed by atoms with Crippen LogP contribution < -0.4 is 0 Å². The van der Waals surface area contributed by atoms with Gasteiger partial charge in [0.1, 0.15) is 12.2 Å². The molecule has 0 bridgehead atoms. The zero-order valence-corrected chi connectivity index (χ0v) is 13.0. The summed E-state index contributed by atoms with van der Waals surface area (Å²) in [5, 5.41) is 0.708. The normalized spacial score (nSPS) is 10.5. The van der Waals surface area contributed by atoms with Gasteiger partial charge >= 0.3 is 11.9 Å². The van der Waals surface area contributed by atoms with Crippen molar-refractivity contribution in [2.24, 2.45) is 0 Å². The van der Waals surface area contributed by atoms with E-state index in [2.05, 4.69) is 4.98 Å². The summed E-state index contributed by atoms with van der Waals surface area (Å²) in [5.74, 6) is -1.05. The predicted octanol–water partition coefficient (Wildman–Crippen LogP) is 3.36. The number of hydrogen-bond donors (Lipinski definition) is 0. The Balaban J connectivity index is 1.88. The van der Waals surface area contributed by atoms with E-state index in [-0.39, 0.29) is 19.0 Å². The van der Waals surface area contributed by atoms with Crippen LogP contribution in [0.4, 0.5) is 0 Å². The molecule has 24 heavy (non-hydrogen) atoms. The molecule has 6 heteroatoms. The van der Waals surface area contributed by atoms with Crippen molar-refractivity contribution in [2.75, 3.05) is 6.61 Å². The van der Waals surface area contributed by atoms with Gasteiger partial charge in [-0.3, -0.25) is 4.98 Å². The number of furan rings is 1. The number of benzene rings is 1. The van der Waals surface area contributed by atoms with Crippen LogP contribution in [-0.2, 0) is 16.1 Å². The molecule has 0 saturated carbocycles. The molecule has 0 unspecified atom stereocenters. The fraction of sp³-hybridized carbons (Fsp3) is 0.167. The summed E-state index contributed by atoms with van der Waals surface area (Å²) >= 11 is 0. The van der Waals surface area contributed by atoms with E-state index in [0.29, 0.717) is 22.1 Å². The largest absolute Gasteiger partial charge is 0.460 e. The lowest BCUT2D eigenvalue weighted by atomic mass is 10.1. The number of rotatable bonds is 5. The summed E-state index contributed by atoms with van der Waals surface area (Å²) < 4.78 is 15.9. The zero-order valence-electron chi connectivity index (χ0n) is 13.0. The van der Waals surface area contributed by atoms with E-state index in [0.717, 1.165) is 0 Å². The van der Waals surface area contributed by atoms with Gasteiger partial charge in [-0.2, -0.15) is 0 Å². The van der Waals surface area contributed by atoms with Crippen molar-refractivity contribution >= 4 is 22.9 Å². The second-order valence-corrected chi connectivity index (χ2v) is 4.94. The van der Waals surface area contributed by atoms with E-state index in [1.54, 1.807) is 43.5 Å². The minimum atomic E-state index is -0.582. The molecule has 0 radical (unpaired) electrons. The molecule has 0 aliphatic heterocycles. The highest BCUT2D eigenvalue weighted by Gasteiger charge is 2.22. The predicted molar refractivity (Wildman–Crippen MR) is 85.5 cm³/mol. The standard InChI is InChI=1S/C18H15NO5/c1-2-22-18(21)16-14(13-7-3-4-8-15(13)24-16)11-23-17(20)12-6-5-9-19-10-12/h3-10H,2,11H2,1H3. The van der Waals surface area contributed by atoms with E-state index in [1.807, 2.05) is 6.07 Å². The van der Waals surface area contributed by atoms with Crippen molar-refractivity contribution in [1.82, 2.24) is 4.98 Å². The Hall–Kier alpha value is -3.15. The highest BCUT2D eigenvalue weighted by atomic mass is 16.5. The number of carbonyl (C=O) groups excluding carboxylic acids is 2. The van der Waals surface area contributed by atoms with Gasteiger partial charge in [-0.1, -0.05) is 18.2 Å². The molecule has 2 heterocycles. The number of esters is 2. The Kier molecular flexibility index (Phi) is 4.56. The molecular formula is C18H15NO5. The SMILES string of the molecule is CCOC(=O)c1oc2ccccc2c1COC(=O)c1cccnc1. The van der Waals surface area contributed by atoms with Gasteiger partial charge in [-0.15, -0.1) is 0 Å². The van der Waals surface area contributed by atoms with Gasteiger partial charge in [0.15, 0.2) is 0 Å². The molecule has 0 aliphatic carbocycles. The first-order valence-corrected chi connectivity index (χ1v) is 7.45. The lowest BCUT2D eigenvalue weighted by Gasteiger charge is -2.05. The quantitative estimate of drug-likeness (QED) is 0.669. The smallest absolute Gasteiger partial charge is 0.374 e. The summed E-state index contributed by atoms with van der Waals surface area (Å²) in [5.41, 5.74) is 1.36. The van der Waals surface area contributed by atoms with Gasteiger partial charge < -0.3 is 13.9 Å². The molecule has 3 aromatic rings. The van der Waals surface area contributed by atoms with Crippen LogP contribution in [0.2, 0.25) is 0 Å². The molecular weight excluding hydrogens is 310 g/mol. The third-order valence-corrected chi connectivity index (χ3v) is 3.40. The molecule has 122 valence electrons. The zero-order chi connectivity index (χ0) is 16.9. The van der Waals surface area contributed by atoms with Crippen molar-refractivity contribution in [3.05, 3.63) is 65.7 Å². The van der Waals surface area contributed by atoms with Crippen molar-refractivity contribution in [1.29, 1.82) is 0 Å². The number of nitrogens with zero attached hydrogens (tertiary/aromatic N) is 1. The van der Waals surface area contributed by atoms with Gasteiger partial charge in [0, 0.05) is 17.8 Å². The van der Waals surface area contributed by atoms with E-state index in [4.69, 9.17) is 13.9 Å². The van der Waals surface area contributed by atoms with E-state index in [9.17, 15) is 9.59 Å². The Morgan fingerprint density at radius 3 is 2.67 bits per heavy atom. The molecule has 0 N–H and O–H groups in total. The number of hydrogen-bond acceptors (Lipinski definition) is 6. The van der Waals surface area contributed by atoms with Crippen LogP contribution in [0.25, 0.3) is 11.0 Å². The van der Waals surface area contributed by atoms with Gasteiger partial charge in [-0.05, 0) is 25.1 Å². The highest BCUT2D eigenvalue weighted by molar-refractivity contribution is 5.96. The average Bonchev–Trinajstić information content (AvgIpc) is 2.99. The first-order valence-electron chi connectivity index (χ1n) is 7.45. The highest BCUT2D eigenvalue weighted by Crippen LogP contribution is 2.27. The van der Waals surface area contributed by atoms with Crippen LogP contribution in [0.1, 0.15) is 33.4 Å². The van der Waals surface area contributed by atoms with Crippen molar-refractivity contribution in [2.45, 2.75) is 13.5 Å². The fourth-order valence-electron chi connectivity index (χ4n) is 2.31. The first kappa shape index (κ1) is 15.7. The fourth-order valence-corrected chi connectivity index (χ4v) is 2.31. The molecule has 0 spiro atoms. The molecule has 3 rings (SSSR count). The van der Waals surface area contributed by atoms with Crippen LogP contribution in [0.15, 0.2) is 53.2 Å².